The molecule has 0 spiro atoms. The molecule has 9 nitrogen and oxygen atoms in total. The van der Waals surface area contributed by atoms with Gasteiger partial charge in [-0.15, -0.1) is 0 Å². The minimum absolute atomic E-state index is 0. The Balaban J connectivity index is -0.00000000381. The van der Waals surface area contributed by atoms with Gasteiger partial charge in [0.25, 0.3) is 0 Å². The molecule has 0 amide bonds. The van der Waals surface area contributed by atoms with Crippen LogP contribution in [0.1, 0.15) is 1.43 Å². The van der Waals surface area contributed by atoms with Crippen molar-refractivity contribution >= 4 is 7.32 Å². The number of rotatable bonds is 1. The normalized spacial score (nSPS) is 3.55. The van der Waals surface area contributed by atoms with Crippen LogP contribution in [0.25, 0.3) is 0 Å². The maximum absolute atomic E-state index is 7.44. The molecule has 0 aliphatic rings. The summed E-state index contributed by atoms with van der Waals surface area (Å²) in [5, 5.41) is 22.0. The van der Waals surface area contributed by atoms with Gasteiger partial charge < -0.3 is 38.9 Å². The van der Waals surface area contributed by atoms with Crippen LogP contribution in [0.3, 0.4) is 0 Å². The zero-order chi connectivity index (χ0) is 4.28. The van der Waals surface area contributed by atoms with Crippen molar-refractivity contribution in [2.45, 2.75) is 0 Å². The zero-order valence-corrected chi connectivity index (χ0v) is 7.83. The van der Waals surface area contributed by atoms with Gasteiger partial charge in [-0.05, 0) is 0 Å². The first-order chi connectivity index (χ1) is 2.27. The molecule has 0 rings (SSSR count). The molecule has 11 heavy (non-hydrogen) atoms. The molecule has 13 N–H and O–H groups in total. The van der Waals surface area contributed by atoms with Crippen molar-refractivity contribution in [3.8, 4) is 0 Å². The predicted molar refractivity (Wildman–Crippen MR) is 33.1 cm³/mol. The molecule has 0 aliphatic carbocycles. The minimum Gasteiger partial charge on any atom is -1.00 e. The summed E-state index contributed by atoms with van der Waals surface area (Å²) in [7, 11) is -2.06. The first-order valence-electron chi connectivity index (χ1n) is 0.935. The van der Waals surface area contributed by atoms with Crippen LogP contribution in [0.2, 0.25) is 0 Å². The van der Waals surface area contributed by atoms with Crippen molar-refractivity contribution in [3.63, 3.8) is 0 Å². The number of hydrogen-bond acceptors (Lipinski definition) is 4. The summed E-state index contributed by atoms with van der Waals surface area (Å²) in [5.41, 5.74) is 0. The van der Waals surface area contributed by atoms with Crippen LogP contribution in [0.15, 0.2) is 0 Å². The first kappa shape index (κ1) is 60.6. The van der Waals surface area contributed by atoms with Crippen molar-refractivity contribution in [2.24, 2.45) is 0 Å². The average molecular weight is 192 g/mol. The Morgan fingerprint density at radius 3 is 1.00 bits per heavy atom. The molecule has 0 aromatic heterocycles. The van der Waals surface area contributed by atoms with Crippen molar-refractivity contribution in [1.29, 1.82) is 0 Å². The Morgan fingerprint density at radius 2 is 1.00 bits per heavy atom. The molecule has 0 aromatic carbocycles. The van der Waals surface area contributed by atoms with E-state index >= 15 is 0 Å². The molecule has 0 radical (unpaired) electrons. The Morgan fingerprint density at radius 1 is 0.909 bits per heavy atom. The summed E-state index contributed by atoms with van der Waals surface area (Å²) in [5.74, 6) is 0. The molecule has 0 saturated carbocycles. The van der Waals surface area contributed by atoms with Crippen LogP contribution in [-0.2, 0) is 4.81 Å². The smallest absolute Gasteiger partial charge is 1.00 e. The van der Waals surface area contributed by atoms with Gasteiger partial charge in [-0.1, -0.05) is 0 Å². The first-order valence-corrected chi connectivity index (χ1v) is 0.935. The predicted octanol–water partition coefficient (Wildman–Crippen LogP) is -8.56. The quantitative estimate of drug-likeness (QED) is 0.208. The van der Waals surface area contributed by atoms with Crippen LogP contribution in [0.5, 0.6) is 0 Å². The minimum atomic E-state index is -2.06. The van der Waals surface area contributed by atoms with E-state index in [1.54, 1.807) is 0 Å². The third-order valence-corrected chi connectivity index (χ3v) is 0.0943. The van der Waals surface area contributed by atoms with E-state index in [2.05, 4.69) is 4.81 Å². The van der Waals surface area contributed by atoms with Crippen molar-refractivity contribution in [2.75, 3.05) is 0 Å². The van der Waals surface area contributed by atoms with Crippen LogP contribution in [-0.4, -0.2) is 50.0 Å². The Bertz CT molecular complexity index is 28.5. The fraction of sp³-hybridized carbons (Fsp3) is 0. The van der Waals surface area contributed by atoms with Crippen LogP contribution < -0.4 is 29.6 Å². The third kappa shape index (κ3) is 111. The summed E-state index contributed by atoms with van der Waals surface area (Å²) in [4.78, 5) is 2.86. The second-order valence-electron chi connectivity index (χ2n) is 0.432. The van der Waals surface area contributed by atoms with Gasteiger partial charge >= 0.3 is 36.9 Å². The fourth-order valence-corrected chi connectivity index (χ4v) is 0. The van der Waals surface area contributed by atoms with Crippen LogP contribution >= 0.6 is 0 Å². The molecular weight excluding hydrogens is 178 g/mol. The molecule has 0 heterocycles. The van der Waals surface area contributed by atoms with Crippen LogP contribution in [0.4, 0.5) is 0 Å². The summed E-state index contributed by atoms with van der Waals surface area (Å²) in [6, 6.07) is 0. The van der Waals surface area contributed by atoms with Gasteiger partial charge in [0.05, 0.1) is 0 Å². The van der Waals surface area contributed by atoms with Gasteiger partial charge in [-0.3, -0.25) is 5.26 Å². The van der Waals surface area contributed by atoms with E-state index in [1.807, 2.05) is 0 Å². The van der Waals surface area contributed by atoms with Crippen molar-refractivity contribution in [3.05, 3.63) is 0 Å². The zero-order valence-electron chi connectivity index (χ0n) is 6.83. The Hall–Kier alpha value is 0.705. The van der Waals surface area contributed by atoms with Gasteiger partial charge in [-0.25, -0.2) is 4.81 Å². The van der Waals surface area contributed by atoms with E-state index in [-0.39, 0.29) is 58.4 Å². The van der Waals surface area contributed by atoms with E-state index in [4.69, 9.17) is 15.3 Å². The van der Waals surface area contributed by atoms with E-state index in [0.717, 1.165) is 0 Å². The maximum Gasteiger partial charge on any atom is 1.00 e. The Kier molecular flexibility index (Phi) is 251. The van der Waals surface area contributed by atoms with Gasteiger partial charge in [0.1, 0.15) is 0 Å². The summed E-state index contributed by atoms with van der Waals surface area (Å²) >= 11 is 0. The summed E-state index contributed by atoms with van der Waals surface area (Å²) in [6.07, 6.45) is 0. The monoisotopic (exact) mass is 192 g/mol. The van der Waals surface area contributed by atoms with Crippen molar-refractivity contribution < 1.29 is 78.5 Å². The second kappa shape index (κ2) is 45.5. The molecule has 0 bridgehead atoms. The standard InChI is InChI=1S/BH3O4.Na.5H2O.H/c2-1(3)5-4;;;;;;;/h2-4H;;5*1H2;/q;+1;;;;;;-1. The van der Waals surface area contributed by atoms with E-state index in [1.165, 1.54) is 0 Å². The van der Waals surface area contributed by atoms with Gasteiger partial charge in [-0.2, -0.15) is 0 Å². The van der Waals surface area contributed by atoms with E-state index < -0.39 is 7.32 Å². The second-order valence-corrected chi connectivity index (χ2v) is 0.432. The topological polar surface area (TPSA) is 227 Å². The Labute approximate surface area is 86.0 Å². The van der Waals surface area contributed by atoms with Gasteiger partial charge in [0.15, 0.2) is 0 Å². The van der Waals surface area contributed by atoms with Crippen molar-refractivity contribution in [1.82, 2.24) is 0 Å². The largest absolute Gasteiger partial charge is 1.00 e. The van der Waals surface area contributed by atoms with Gasteiger partial charge in [0.2, 0.25) is 0 Å². The SMILES string of the molecule is O.O.O.O.O.OOB(O)O.[H-].[Na+]. The molecule has 0 aromatic rings. The van der Waals surface area contributed by atoms with Gasteiger partial charge in [0, 0.05) is 0 Å². The van der Waals surface area contributed by atoms with Crippen LogP contribution in [0, 0.1) is 0 Å². The average Bonchev–Trinajstić information content (AvgIpc) is 1.38. The molecule has 0 saturated heterocycles. The number of hydrogen-bond donors (Lipinski definition) is 3. The maximum atomic E-state index is 7.44. The molecule has 0 aliphatic heterocycles. The summed E-state index contributed by atoms with van der Waals surface area (Å²) < 4.78 is 0. The molecule has 0 fully saturated rings. The molecular formula is H14BNaO9. The molecule has 0 atom stereocenters. The fourth-order valence-electron chi connectivity index (χ4n) is 0. The molecule has 72 valence electrons. The third-order valence-electron chi connectivity index (χ3n) is 0.0943. The van der Waals surface area contributed by atoms with E-state index in [9.17, 15) is 0 Å². The summed E-state index contributed by atoms with van der Waals surface area (Å²) in [6.45, 7) is 0. The molecule has 0 unspecified atom stereocenters. The molecule has 11 heteroatoms. The van der Waals surface area contributed by atoms with E-state index in [0.29, 0.717) is 0 Å².